The highest BCUT2D eigenvalue weighted by atomic mass is 19.1. The average Bonchev–Trinajstić information content (AvgIpc) is 3.25. The number of piperidine rings is 1. The fraction of sp³-hybridized carbons (Fsp3) is 0.500. The van der Waals surface area contributed by atoms with Crippen LogP contribution in [0, 0.1) is 5.82 Å². The van der Waals surface area contributed by atoms with E-state index in [1.54, 1.807) is 13.2 Å². The van der Waals surface area contributed by atoms with E-state index in [0.29, 0.717) is 24.7 Å². The van der Waals surface area contributed by atoms with Gasteiger partial charge in [0.05, 0.1) is 25.5 Å². The van der Waals surface area contributed by atoms with Crippen LogP contribution in [0.3, 0.4) is 0 Å². The molecule has 2 aromatic carbocycles. The highest BCUT2D eigenvalue weighted by molar-refractivity contribution is 5.79. The van der Waals surface area contributed by atoms with Gasteiger partial charge in [-0.25, -0.2) is 4.39 Å². The zero-order valence-corrected chi connectivity index (χ0v) is 19.7. The minimum Gasteiger partial charge on any atom is -0.493 e. The van der Waals surface area contributed by atoms with E-state index < -0.39 is 0 Å². The third kappa shape index (κ3) is 5.65. The molecule has 1 saturated heterocycles. The van der Waals surface area contributed by atoms with Crippen molar-refractivity contribution in [2.75, 3.05) is 40.0 Å². The fourth-order valence-electron chi connectivity index (χ4n) is 4.53. The molecular weight excluding hydrogens is 423 g/mol. The predicted octanol–water partition coefficient (Wildman–Crippen LogP) is 5.72. The summed E-state index contributed by atoms with van der Waals surface area (Å²) in [6.07, 6.45) is 3.01. The standard InChI is InChI=1S/C26H33FN2O4/c1-4-31-18(2)20-6-9-23(25(16-20)30-3)32-15-5-12-29-13-10-19(11-14-29)26-22-8-7-21(27)17-24(22)33-28-26/h6-9,16-19H,4-5,10-15H2,1-3H3. The Kier molecular flexibility index (Phi) is 7.83. The molecule has 0 radical (unpaired) electrons. The number of hydrogen-bond acceptors (Lipinski definition) is 6. The molecule has 178 valence electrons. The maximum atomic E-state index is 13.4. The Bertz CT molecular complexity index is 1050. The van der Waals surface area contributed by atoms with Gasteiger partial charge in [0.25, 0.3) is 0 Å². The minimum absolute atomic E-state index is 0.0253. The van der Waals surface area contributed by atoms with E-state index in [9.17, 15) is 4.39 Å². The molecule has 1 fully saturated rings. The molecule has 2 heterocycles. The molecule has 0 bridgehead atoms. The van der Waals surface area contributed by atoms with Gasteiger partial charge in [-0.2, -0.15) is 0 Å². The molecule has 7 heteroatoms. The quantitative estimate of drug-likeness (QED) is 0.364. The minimum atomic E-state index is -0.295. The SMILES string of the molecule is CCOC(C)c1ccc(OCCCN2CCC(c3noc4cc(F)ccc34)CC2)c(OC)c1. The molecule has 0 spiro atoms. The molecule has 3 aromatic rings. The first-order valence-electron chi connectivity index (χ1n) is 11.8. The van der Waals surface area contributed by atoms with Crippen LogP contribution >= 0.6 is 0 Å². The second-order valence-electron chi connectivity index (χ2n) is 8.53. The molecule has 0 saturated carbocycles. The van der Waals surface area contributed by atoms with Gasteiger partial charge in [-0.15, -0.1) is 0 Å². The number of halogens is 1. The Balaban J connectivity index is 1.23. The van der Waals surface area contributed by atoms with E-state index in [1.165, 1.54) is 12.1 Å². The van der Waals surface area contributed by atoms with Gasteiger partial charge in [0, 0.05) is 30.5 Å². The Morgan fingerprint density at radius 1 is 1.15 bits per heavy atom. The molecule has 1 atom stereocenters. The highest BCUT2D eigenvalue weighted by Crippen LogP contribution is 2.33. The van der Waals surface area contributed by atoms with Crippen molar-refractivity contribution in [3.63, 3.8) is 0 Å². The summed E-state index contributed by atoms with van der Waals surface area (Å²) in [6, 6.07) is 10.6. The second kappa shape index (κ2) is 11.0. The molecule has 0 amide bonds. The first-order chi connectivity index (χ1) is 16.1. The van der Waals surface area contributed by atoms with Gasteiger partial charge in [0.15, 0.2) is 17.1 Å². The van der Waals surface area contributed by atoms with Crippen LogP contribution < -0.4 is 9.47 Å². The first-order valence-corrected chi connectivity index (χ1v) is 11.8. The van der Waals surface area contributed by atoms with Crippen molar-refractivity contribution in [2.45, 2.75) is 45.1 Å². The lowest BCUT2D eigenvalue weighted by molar-refractivity contribution is 0.0761. The van der Waals surface area contributed by atoms with Crippen molar-refractivity contribution in [3.05, 3.63) is 53.5 Å². The zero-order chi connectivity index (χ0) is 23.2. The van der Waals surface area contributed by atoms with Crippen LogP contribution in [0.4, 0.5) is 4.39 Å². The van der Waals surface area contributed by atoms with Crippen LogP contribution in [0.1, 0.15) is 56.4 Å². The fourth-order valence-corrected chi connectivity index (χ4v) is 4.53. The van der Waals surface area contributed by atoms with E-state index in [4.69, 9.17) is 18.7 Å². The third-order valence-corrected chi connectivity index (χ3v) is 6.39. The molecule has 1 aromatic heterocycles. The number of benzene rings is 2. The van der Waals surface area contributed by atoms with Crippen molar-refractivity contribution in [2.24, 2.45) is 0 Å². The topological polar surface area (TPSA) is 57.0 Å². The second-order valence-corrected chi connectivity index (χ2v) is 8.53. The number of rotatable bonds is 10. The molecular formula is C26H33FN2O4. The van der Waals surface area contributed by atoms with Crippen LogP contribution in [0.2, 0.25) is 0 Å². The van der Waals surface area contributed by atoms with Crippen LogP contribution in [0.5, 0.6) is 11.5 Å². The maximum absolute atomic E-state index is 13.4. The van der Waals surface area contributed by atoms with Gasteiger partial charge in [0.1, 0.15) is 5.82 Å². The van der Waals surface area contributed by atoms with Gasteiger partial charge >= 0.3 is 0 Å². The van der Waals surface area contributed by atoms with Gasteiger partial charge in [0.2, 0.25) is 0 Å². The molecule has 33 heavy (non-hydrogen) atoms. The van der Waals surface area contributed by atoms with Crippen molar-refractivity contribution < 1.29 is 23.1 Å². The van der Waals surface area contributed by atoms with Gasteiger partial charge in [-0.05, 0) is 76.0 Å². The zero-order valence-electron chi connectivity index (χ0n) is 19.7. The summed E-state index contributed by atoms with van der Waals surface area (Å²) in [6.45, 7) is 8.34. The van der Waals surface area contributed by atoms with Crippen molar-refractivity contribution in [1.82, 2.24) is 10.1 Å². The molecule has 1 aliphatic heterocycles. The Morgan fingerprint density at radius 3 is 2.73 bits per heavy atom. The lowest BCUT2D eigenvalue weighted by Crippen LogP contribution is -2.34. The van der Waals surface area contributed by atoms with Crippen molar-refractivity contribution in [3.8, 4) is 11.5 Å². The predicted molar refractivity (Wildman–Crippen MR) is 126 cm³/mol. The summed E-state index contributed by atoms with van der Waals surface area (Å²) in [5.74, 6) is 1.56. The number of aromatic nitrogens is 1. The van der Waals surface area contributed by atoms with Crippen LogP contribution in [-0.4, -0.2) is 50.0 Å². The van der Waals surface area contributed by atoms with Crippen LogP contribution in [0.15, 0.2) is 40.9 Å². The molecule has 0 aliphatic carbocycles. The van der Waals surface area contributed by atoms with Gasteiger partial charge in [-0.3, -0.25) is 0 Å². The lowest BCUT2D eigenvalue weighted by atomic mass is 9.91. The van der Waals surface area contributed by atoms with Crippen molar-refractivity contribution in [1.29, 1.82) is 0 Å². The van der Waals surface area contributed by atoms with E-state index in [-0.39, 0.29) is 11.9 Å². The lowest BCUT2D eigenvalue weighted by Gasteiger charge is -2.31. The smallest absolute Gasteiger partial charge is 0.170 e. The molecule has 6 nitrogen and oxygen atoms in total. The molecule has 0 N–H and O–H groups in total. The van der Waals surface area contributed by atoms with Gasteiger partial charge in [-0.1, -0.05) is 11.2 Å². The Labute approximate surface area is 194 Å². The molecule has 4 rings (SSSR count). The summed E-state index contributed by atoms with van der Waals surface area (Å²) in [5.41, 5.74) is 2.57. The number of hydrogen-bond donors (Lipinski definition) is 0. The highest BCUT2D eigenvalue weighted by Gasteiger charge is 2.25. The number of ether oxygens (including phenoxy) is 3. The van der Waals surface area contributed by atoms with E-state index in [2.05, 4.69) is 10.1 Å². The summed E-state index contributed by atoms with van der Waals surface area (Å²) in [4.78, 5) is 2.46. The van der Waals surface area contributed by atoms with Crippen molar-refractivity contribution >= 4 is 11.0 Å². The van der Waals surface area contributed by atoms with Gasteiger partial charge < -0.3 is 23.6 Å². The van der Waals surface area contributed by atoms with E-state index in [1.807, 2.05) is 32.0 Å². The Hall–Kier alpha value is -2.64. The summed E-state index contributed by atoms with van der Waals surface area (Å²) >= 11 is 0. The summed E-state index contributed by atoms with van der Waals surface area (Å²) in [5, 5.41) is 5.17. The van der Waals surface area contributed by atoms with Crippen LogP contribution in [-0.2, 0) is 4.74 Å². The monoisotopic (exact) mass is 456 g/mol. The summed E-state index contributed by atoms with van der Waals surface area (Å²) in [7, 11) is 1.66. The van der Waals surface area contributed by atoms with Crippen LogP contribution in [0.25, 0.3) is 11.0 Å². The largest absolute Gasteiger partial charge is 0.493 e. The average molecular weight is 457 g/mol. The maximum Gasteiger partial charge on any atom is 0.170 e. The summed E-state index contributed by atoms with van der Waals surface area (Å²) < 4.78 is 35.9. The molecule has 1 unspecified atom stereocenters. The molecule has 1 aliphatic rings. The number of methoxy groups -OCH3 is 1. The first kappa shape index (κ1) is 23.5. The number of likely N-dealkylation sites (tertiary alicyclic amines) is 1. The number of fused-ring (bicyclic) bond motifs is 1. The Morgan fingerprint density at radius 2 is 1.97 bits per heavy atom. The normalized spacial score (nSPS) is 16.2. The van der Waals surface area contributed by atoms with E-state index in [0.717, 1.165) is 67.0 Å². The van der Waals surface area contributed by atoms with E-state index >= 15 is 0 Å². The third-order valence-electron chi connectivity index (χ3n) is 6.39. The number of nitrogens with zero attached hydrogens (tertiary/aromatic N) is 2.